The number of aryl methyl sites for hydroxylation is 1. The molecular weight excluding hydrogens is 511 g/mol. The van der Waals surface area contributed by atoms with Gasteiger partial charge in [0, 0.05) is 24.1 Å². The first-order chi connectivity index (χ1) is 18.9. The number of amides is 2. The lowest BCUT2D eigenvalue weighted by Gasteiger charge is -2.17. The predicted molar refractivity (Wildman–Crippen MR) is 136 cm³/mol. The molecule has 39 heavy (non-hydrogen) atoms. The summed E-state index contributed by atoms with van der Waals surface area (Å²) in [5.41, 5.74) is 0.0877. The van der Waals surface area contributed by atoms with Gasteiger partial charge in [0.2, 0.25) is 12.0 Å². The Bertz CT molecular complexity index is 1630. The van der Waals surface area contributed by atoms with E-state index < -0.39 is 41.0 Å². The van der Waals surface area contributed by atoms with Crippen LogP contribution in [0.15, 0.2) is 71.7 Å². The quantitative estimate of drug-likeness (QED) is 0.411. The number of fused-ring (bicyclic) bond motifs is 2. The number of halogens is 3. The second kappa shape index (κ2) is 9.75. The number of benzene rings is 3. The van der Waals surface area contributed by atoms with Gasteiger partial charge in [0.15, 0.2) is 0 Å². The molecule has 8 nitrogen and oxygen atoms in total. The molecule has 3 heterocycles. The Morgan fingerprint density at radius 3 is 2.46 bits per heavy atom. The fraction of sp³-hybridized carbons (Fsp3) is 0.143. The molecule has 0 spiro atoms. The van der Waals surface area contributed by atoms with Crippen molar-refractivity contribution in [2.24, 2.45) is 4.99 Å². The van der Waals surface area contributed by atoms with E-state index in [9.17, 15) is 22.8 Å². The van der Waals surface area contributed by atoms with E-state index in [0.29, 0.717) is 24.1 Å². The van der Waals surface area contributed by atoms with E-state index in [0.717, 1.165) is 12.1 Å². The third-order valence-corrected chi connectivity index (χ3v) is 6.42. The normalized spacial score (nSPS) is 16.2. The first-order valence-electron chi connectivity index (χ1n) is 12.1. The van der Waals surface area contributed by atoms with Crippen molar-refractivity contribution in [3.8, 4) is 17.1 Å². The van der Waals surface area contributed by atoms with Gasteiger partial charge in [-0.2, -0.15) is 5.10 Å². The summed E-state index contributed by atoms with van der Waals surface area (Å²) in [6, 6.07) is 16.4. The van der Waals surface area contributed by atoms with E-state index in [1.165, 1.54) is 22.9 Å². The minimum absolute atomic E-state index is 0.0204. The van der Waals surface area contributed by atoms with E-state index in [1.54, 1.807) is 36.4 Å². The molecule has 2 aliphatic heterocycles. The molecular formula is C28H20F3N5O3. The van der Waals surface area contributed by atoms with Crippen LogP contribution in [-0.2, 0) is 11.3 Å². The first-order valence-corrected chi connectivity index (χ1v) is 12.1. The van der Waals surface area contributed by atoms with Crippen molar-refractivity contribution < 1.29 is 27.5 Å². The standard InChI is InChI=1S/C28H20F3N5O3/c29-17-10-5-11-18(30)20(17)24-21(28-36(35-24)13-6-14-39-28)26(37)34-25-27(38)33-23-16(9-4-12-19(23)31)22(32-25)15-7-2-1-3-8-15/h1-5,7-12,25H,6,13-14H2,(H,33,38)(H,34,37). The van der Waals surface area contributed by atoms with Gasteiger partial charge < -0.3 is 15.4 Å². The molecule has 6 rings (SSSR count). The Kier molecular flexibility index (Phi) is 6.10. The number of ether oxygens (including phenoxy) is 1. The fourth-order valence-electron chi connectivity index (χ4n) is 4.65. The molecule has 3 aromatic carbocycles. The zero-order chi connectivity index (χ0) is 27.1. The maximum atomic E-state index is 14.8. The van der Waals surface area contributed by atoms with Crippen LogP contribution < -0.4 is 15.4 Å². The number of hydrogen-bond acceptors (Lipinski definition) is 5. The summed E-state index contributed by atoms with van der Waals surface area (Å²) in [6.07, 6.45) is -0.939. The van der Waals surface area contributed by atoms with Crippen LogP contribution in [0.1, 0.15) is 27.9 Å². The van der Waals surface area contributed by atoms with E-state index in [2.05, 4.69) is 20.7 Å². The molecule has 0 bridgehead atoms. The molecule has 11 heteroatoms. The maximum absolute atomic E-state index is 14.8. The molecule has 1 unspecified atom stereocenters. The summed E-state index contributed by atoms with van der Waals surface area (Å²) in [5.74, 6) is -4.18. The van der Waals surface area contributed by atoms with Crippen LogP contribution in [0.2, 0.25) is 0 Å². The molecule has 0 fully saturated rings. The molecule has 4 aromatic rings. The van der Waals surface area contributed by atoms with Gasteiger partial charge in [-0.15, -0.1) is 0 Å². The first kappa shape index (κ1) is 24.4. The topological polar surface area (TPSA) is 97.6 Å². The van der Waals surface area contributed by atoms with Crippen LogP contribution in [-0.4, -0.2) is 40.1 Å². The lowest BCUT2D eigenvalue weighted by atomic mass is 10.0. The van der Waals surface area contributed by atoms with Gasteiger partial charge in [-0.25, -0.2) is 22.8 Å². The summed E-state index contributed by atoms with van der Waals surface area (Å²) in [7, 11) is 0. The molecule has 0 radical (unpaired) electrons. The second-order valence-corrected chi connectivity index (χ2v) is 8.92. The maximum Gasteiger partial charge on any atom is 0.269 e. The van der Waals surface area contributed by atoms with E-state index >= 15 is 0 Å². The zero-order valence-corrected chi connectivity index (χ0v) is 20.2. The Balaban J connectivity index is 1.45. The molecule has 2 aliphatic rings. The fourth-order valence-corrected chi connectivity index (χ4v) is 4.65. The Labute approximate surface area is 220 Å². The van der Waals surface area contributed by atoms with E-state index in [-0.39, 0.29) is 35.1 Å². The number of hydrogen-bond donors (Lipinski definition) is 2. The van der Waals surface area contributed by atoms with Crippen molar-refractivity contribution in [1.82, 2.24) is 15.1 Å². The molecule has 1 atom stereocenters. The number of rotatable bonds is 4. The second-order valence-electron chi connectivity index (χ2n) is 8.92. The highest BCUT2D eigenvalue weighted by Crippen LogP contribution is 2.35. The van der Waals surface area contributed by atoms with Crippen LogP contribution >= 0.6 is 0 Å². The number of anilines is 1. The van der Waals surface area contributed by atoms with Gasteiger partial charge in [0.1, 0.15) is 28.7 Å². The highest BCUT2D eigenvalue weighted by molar-refractivity contribution is 6.20. The van der Waals surface area contributed by atoms with Gasteiger partial charge in [0.25, 0.3) is 11.8 Å². The number of aliphatic imine (C=N–C) groups is 1. The lowest BCUT2D eigenvalue weighted by molar-refractivity contribution is -0.117. The molecule has 0 saturated carbocycles. The summed E-state index contributed by atoms with van der Waals surface area (Å²) in [5, 5.41) is 9.29. The number of nitrogens with one attached hydrogen (secondary N) is 2. The molecule has 0 saturated heterocycles. The molecule has 2 N–H and O–H groups in total. The number of benzodiazepines with no additional fused rings is 1. The number of carbonyl (C=O) groups excluding carboxylic acids is 2. The van der Waals surface area contributed by atoms with Crippen molar-refractivity contribution in [3.05, 3.63) is 101 Å². The van der Waals surface area contributed by atoms with Crippen LogP contribution in [0.25, 0.3) is 11.3 Å². The number of nitrogens with zero attached hydrogens (tertiary/aromatic N) is 3. The Hall–Kier alpha value is -4.93. The monoisotopic (exact) mass is 531 g/mol. The minimum Gasteiger partial charge on any atom is -0.477 e. The van der Waals surface area contributed by atoms with Crippen molar-refractivity contribution in [2.75, 3.05) is 11.9 Å². The number of carbonyl (C=O) groups is 2. The summed E-state index contributed by atoms with van der Waals surface area (Å²) in [6.45, 7) is 0.625. The molecule has 0 aliphatic carbocycles. The molecule has 2 amide bonds. The largest absolute Gasteiger partial charge is 0.477 e. The van der Waals surface area contributed by atoms with Crippen molar-refractivity contribution in [3.63, 3.8) is 0 Å². The van der Waals surface area contributed by atoms with Crippen LogP contribution in [0.5, 0.6) is 5.88 Å². The minimum atomic E-state index is -1.52. The zero-order valence-electron chi connectivity index (χ0n) is 20.2. The van der Waals surface area contributed by atoms with Gasteiger partial charge in [-0.05, 0) is 18.2 Å². The smallest absolute Gasteiger partial charge is 0.269 e. The average molecular weight is 531 g/mol. The number of aromatic nitrogens is 2. The highest BCUT2D eigenvalue weighted by atomic mass is 19.1. The van der Waals surface area contributed by atoms with Gasteiger partial charge >= 0.3 is 0 Å². The van der Waals surface area contributed by atoms with Crippen LogP contribution in [0, 0.1) is 17.5 Å². The van der Waals surface area contributed by atoms with Crippen LogP contribution in [0.4, 0.5) is 18.9 Å². The van der Waals surface area contributed by atoms with Gasteiger partial charge in [-0.1, -0.05) is 48.5 Å². The average Bonchev–Trinajstić information content (AvgIpc) is 3.24. The van der Waals surface area contributed by atoms with Gasteiger partial charge in [-0.3, -0.25) is 9.59 Å². The van der Waals surface area contributed by atoms with Crippen LogP contribution in [0.3, 0.4) is 0 Å². The Morgan fingerprint density at radius 2 is 1.69 bits per heavy atom. The van der Waals surface area contributed by atoms with E-state index in [1.807, 2.05) is 0 Å². The third kappa shape index (κ3) is 4.31. The lowest BCUT2D eigenvalue weighted by Crippen LogP contribution is -2.42. The highest BCUT2D eigenvalue weighted by Gasteiger charge is 2.34. The van der Waals surface area contributed by atoms with Crippen molar-refractivity contribution in [1.29, 1.82) is 0 Å². The van der Waals surface area contributed by atoms with E-state index in [4.69, 9.17) is 4.74 Å². The summed E-state index contributed by atoms with van der Waals surface area (Å²) >= 11 is 0. The molecule has 196 valence electrons. The predicted octanol–water partition coefficient (Wildman–Crippen LogP) is 4.30. The third-order valence-electron chi connectivity index (χ3n) is 6.42. The SMILES string of the molecule is O=C(NC1N=C(c2ccccc2)c2cccc(F)c2NC1=O)c1c(-c2c(F)cccc2F)nn2c1OCCC2. The van der Waals surface area contributed by atoms with Gasteiger partial charge in [0.05, 0.1) is 23.6 Å². The summed E-state index contributed by atoms with van der Waals surface area (Å²) in [4.78, 5) is 31.4. The molecule has 1 aromatic heterocycles. The van der Waals surface area contributed by atoms with Crippen molar-refractivity contribution in [2.45, 2.75) is 19.1 Å². The van der Waals surface area contributed by atoms with Crippen molar-refractivity contribution >= 4 is 23.2 Å². The summed E-state index contributed by atoms with van der Waals surface area (Å²) < 4.78 is 51.3. The number of para-hydroxylation sites is 1. The Morgan fingerprint density at radius 1 is 0.974 bits per heavy atom.